The minimum absolute atomic E-state index is 0.0759. The molecule has 0 unspecified atom stereocenters. The van der Waals surface area contributed by atoms with Crippen LogP contribution in [0.3, 0.4) is 0 Å². The molecule has 208 valence electrons. The summed E-state index contributed by atoms with van der Waals surface area (Å²) in [4.78, 5) is 29.2. The van der Waals surface area contributed by atoms with Gasteiger partial charge >= 0.3 is 5.97 Å². The van der Waals surface area contributed by atoms with Crippen LogP contribution in [-0.4, -0.2) is 29.7 Å². The number of H-pyrrole nitrogens is 1. The number of halogens is 1. The van der Waals surface area contributed by atoms with Crippen molar-refractivity contribution in [1.82, 2.24) is 10.4 Å². The van der Waals surface area contributed by atoms with Crippen LogP contribution in [0.2, 0.25) is 5.02 Å². The summed E-state index contributed by atoms with van der Waals surface area (Å²) in [6.07, 6.45) is 2.87. The van der Waals surface area contributed by atoms with E-state index in [0.29, 0.717) is 34.2 Å². The molecule has 0 spiro atoms. The Labute approximate surface area is 245 Å². The second-order valence-corrected chi connectivity index (χ2v) is 9.68. The van der Waals surface area contributed by atoms with Crippen LogP contribution in [-0.2, 0) is 0 Å². The van der Waals surface area contributed by atoms with Gasteiger partial charge in [-0.25, -0.2) is 10.2 Å². The number of carbonyl (C=O) groups is 2. The normalized spacial score (nSPS) is 11.3. The van der Waals surface area contributed by atoms with Crippen LogP contribution in [0.1, 0.15) is 33.5 Å². The van der Waals surface area contributed by atoms with E-state index in [2.05, 4.69) is 15.5 Å². The van der Waals surface area contributed by atoms with Crippen molar-refractivity contribution >= 4 is 51.4 Å². The zero-order chi connectivity index (χ0) is 29.1. The second-order valence-electron chi connectivity index (χ2n) is 9.27. The molecule has 2 N–H and O–H groups in total. The van der Waals surface area contributed by atoms with Crippen molar-refractivity contribution in [3.8, 4) is 22.6 Å². The molecule has 0 aliphatic rings. The monoisotopic (exact) mass is 577 g/mol. The first-order valence-corrected chi connectivity index (χ1v) is 13.6. The standard InChI is InChI=1S/C33H24ClN3O5/c1-2-40-28-18-20(13-16-26(28)42-33(39)27-12-7-17-41-27)19-35-37-32(38)31-29(23-10-5-6-11-25(23)34)24-15-14-21-8-3-4-9-22(21)30(24)36-31/h3-19,36H,2H2,1H3,(H,37,38). The Bertz CT molecular complexity index is 1960. The molecule has 0 bridgehead atoms. The van der Waals surface area contributed by atoms with E-state index in [1.54, 1.807) is 30.3 Å². The van der Waals surface area contributed by atoms with Crippen molar-refractivity contribution in [2.45, 2.75) is 6.92 Å². The quantitative estimate of drug-likeness (QED) is 0.0837. The zero-order valence-electron chi connectivity index (χ0n) is 22.4. The van der Waals surface area contributed by atoms with Crippen LogP contribution in [0.4, 0.5) is 0 Å². The van der Waals surface area contributed by atoms with E-state index in [1.165, 1.54) is 18.5 Å². The minimum Gasteiger partial charge on any atom is -0.490 e. The van der Waals surface area contributed by atoms with Gasteiger partial charge in [-0.1, -0.05) is 66.2 Å². The number of hydrogen-bond donors (Lipinski definition) is 2. The summed E-state index contributed by atoms with van der Waals surface area (Å²) in [7, 11) is 0. The molecule has 42 heavy (non-hydrogen) atoms. The lowest BCUT2D eigenvalue weighted by atomic mass is 9.99. The molecule has 0 aliphatic heterocycles. The maximum Gasteiger partial charge on any atom is 0.379 e. The zero-order valence-corrected chi connectivity index (χ0v) is 23.1. The number of carbonyl (C=O) groups excluding carboxylic acids is 2. The third-order valence-corrected chi connectivity index (χ3v) is 6.97. The molecule has 0 fully saturated rings. The lowest BCUT2D eigenvalue weighted by Crippen LogP contribution is -2.19. The van der Waals surface area contributed by atoms with Crippen LogP contribution in [0.5, 0.6) is 11.5 Å². The topological polar surface area (TPSA) is 106 Å². The number of aromatic amines is 1. The lowest BCUT2D eigenvalue weighted by Gasteiger charge is -2.10. The maximum atomic E-state index is 13.5. The number of ether oxygens (including phenoxy) is 2. The molecular formula is C33H24ClN3O5. The highest BCUT2D eigenvalue weighted by atomic mass is 35.5. The summed E-state index contributed by atoms with van der Waals surface area (Å²) < 4.78 is 16.2. The Kier molecular flexibility index (Phi) is 7.45. The Morgan fingerprint density at radius 2 is 1.79 bits per heavy atom. The van der Waals surface area contributed by atoms with E-state index in [4.69, 9.17) is 25.5 Å². The molecule has 2 heterocycles. The summed E-state index contributed by atoms with van der Waals surface area (Å²) in [6, 6.07) is 27.4. The lowest BCUT2D eigenvalue weighted by molar-refractivity contribution is 0.0695. The molecule has 8 nitrogen and oxygen atoms in total. The molecule has 0 atom stereocenters. The van der Waals surface area contributed by atoms with E-state index in [0.717, 1.165) is 27.2 Å². The first-order chi connectivity index (χ1) is 20.5. The maximum absolute atomic E-state index is 13.5. The van der Waals surface area contributed by atoms with Crippen LogP contribution in [0.25, 0.3) is 32.8 Å². The van der Waals surface area contributed by atoms with E-state index in [9.17, 15) is 9.59 Å². The smallest absolute Gasteiger partial charge is 0.379 e. The van der Waals surface area contributed by atoms with Crippen molar-refractivity contribution in [3.63, 3.8) is 0 Å². The predicted molar refractivity (Wildman–Crippen MR) is 163 cm³/mol. The Hall–Kier alpha value is -5.34. The molecule has 0 saturated heterocycles. The molecule has 9 heteroatoms. The number of nitrogens with zero attached hydrogens (tertiary/aromatic N) is 1. The molecular weight excluding hydrogens is 554 g/mol. The molecule has 0 aliphatic carbocycles. The van der Waals surface area contributed by atoms with Gasteiger partial charge in [0.05, 0.1) is 24.6 Å². The van der Waals surface area contributed by atoms with Crippen LogP contribution < -0.4 is 14.9 Å². The number of esters is 1. The third kappa shape index (κ3) is 5.23. The minimum atomic E-state index is -0.643. The first-order valence-electron chi connectivity index (χ1n) is 13.2. The van der Waals surface area contributed by atoms with Gasteiger partial charge in [-0.3, -0.25) is 4.79 Å². The van der Waals surface area contributed by atoms with Gasteiger partial charge < -0.3 is 18.9 Å². The fourth-order valence-electron chi connectivity index (χ4n) is 4.77. The number of nitrogens with one attached hydrogen (secondary N) is 2. The summed E-state index contributed by atoms with van der Waals surface area (Å²) in [6.45, 7) is 2.17. The molecule has 1 amide bonds. The Balaban J connectivity index is 1.30. The third-order valence-electron chi connectivity index (χ3n) is 6.64. The summed E-state index contributed by atoms with van der Waals surface area (Å²) >= 11 is 6.59. The number of furan rings is 1. The fraction of sp³-hybridized carbons (Fsp3) is 0.0606. The van der Waals surface area contributed by atoms with Gasteiger partial charge in [-0.15, -0.1) is 0 Å². The average molecular weight is 578 g/mol. The molecule has 6 rings (SSSR count). The number of rotatable bonds is 8. The molecule has 0 saturated carbocycles. The van der Waals surface area contributed by atoms with E-state index >= 15 is 0 Å². The SMILES string of the molecule is CCOc1cc(C=NNC(=O)c2[nH]c3c(ccc4ccccc43)c2-c2ccccc2Cl)ccc1OC(=O)c1ccco1. The van der Waals surface area contributed by atoms with Crippen molar-refractivity contribution in [3.05, 3.63) is 119 Å². The summed E-state index contributed by atoms with van der Waals surface area (Å²) in [5.41, 5.74) is 5.83. The highest BCUT2D eigenvalue weighted by Gasteiger charge is 2.22. The molecule has 2 aromatic heterocycles. The van der Waals surface area contributed by atoms with Crippen LogP contribution >= 0.6 is 11.6 Å². The number of amides is 1. The first kappa shape index (κ1) is 26.9. The number of fused-ring (bicyclic) bond motifs is 3. The van der Waals surface area contributed by atoms with Gasteiger partial charge in [0.2, 0.25) is 5.76 Å². The molecule has 6 aromatic rings. The number of hydrogen-bond acceptors (Lipinski definition) is 6. The van der Waals surface area contributed by atoms with Gasteiger partial charge in [0.15, 0.2) is 11.5 Å². The van der Waals surface area contributed by atoms with Gasteiger partial charge in [-0.2, -0.15) is 5.10 Å². The van der Waals surface area contributed by atoms with Gasteiger partial charge in [-0.05, 0) is 54.3 Å². The van der Waals surface area contributed by atoms with Crippen molar-refractivity contribution < 1.29 is 23.5 Å². The molecule has 4 aromatic carbocycles. The van der Waals surface area contributed by atoms with Crippen LogP contribution in [0.15, 0.2) is 107 Å². The average Bonchev–Trinajstić information content (AvgIpc) is 3.68. The van der Waals surface area contributed by atoms with Gasteiger partial charge in [0, 0.05) is 26.9 Å². The van der Waals surface area contributed by atoms with Gasteiger partial charge in [0.1, 0.15) is 5.69 Å². The Morgan fingerprint density at radius 3 is 2.60 bits per heavy atom. The fourth-order valence-corrected chi connectivity index (χ4v) is 5.00. The van der Waals surface area contributed by atoms with Crippen molar-refractivity contribution in [2.75, 3.05) is 6.61 Å². The predicted octanol–water partition coefficient (Wildman–Crippen LogP) is 7.62. The molecule has 0 radical (unpaired) electrons. The van der Waals surface area contributed by atoms with Gasteiger partial charge in [0.25, 0.3) is 5.91 Å². The number of benzene rings is 4. The largest absolute Gasteiger partial charge is 0.490 e. The van der Waals surface area contributed by atoms with E-state index in [1.807, 2.05) is 61.5 Å². The highest BCUT2D eigenvalue weighted by molar-refractivity contribution is 6.34. The van der Waals surface area contributed by atoms with Crippen molar-refractivity contribution in [1.29, 1.82) is 0 Å². The number of aromatic nitrogens is 1. The summed E-state index contributed by atoms with van der Waals surface area (Å²) in [5, 5.41) is 7.62. The second kappa shape index (κ2) is 11.6. The summed E-state index contributed by atoms with van der Waals surface area (Å²) in [5.74, 6) is -0.428. The number of hydrazone groups is 1. The Morgan fingerprint density at radius 1 is 0.952 bits per heavy atom. The van der Waals surface area contributed by atoms with Crippen molar-refractivity contribution in [2.24, 2.45) is 5.10 Å². The highest BCUT2D eigenvalue weighted by Crippen LogP contribution is 2.39. The van der Waals surface area contributed by atoms with Crippen LogP contribution in [0, 0.1) is 0 Å². The van der Waals surface area contributed by atoms with E-state index in [-0.39, 0.29) is 11.5 Å². The van der Waals surface area contributed by atoms with E-state index < -0.39 is 11.9 Å².